The van der Waals surface area contributed by atoms with Crippen LogP contribution in [0.1, 0.15) is 105 Å². The van der Waals surface area contributed by atoms with Gasteiger partial charge in [-0.25, -0.2) is 8.42 Å². The molecule has 14 nitrogen and oxygen atoms in total. The molecule has 6 rings (SSSR count). The van der Waals surface area contributed by atoms with Crippen LogP contribution in [0, 0.1) is 46.3 Å². The molecule has 2 heterocycles. The van der Waals surface area contributed by atoms with E-state index in [9.17, 15) is 43.6 Å². The predicted octanol–water partition coefficient (Wildman–Crippen LogP) is -0.474. The van der Waals surface area contributed by atoms with Crippen molar-refractivity contribution in [2.24, 2.45) is 46.3 Å². The summed E-state index contributed by atoms with van der Waals surface area (Å²) in [5.41, 5.74) is 1.86. The van der Waals surface area contributed by atoms with Gasteiger partial charge in [0, 0.05) is 0 Å². The number of aliphatic hydroxyl groups is 6. The van der Waals surface area contributed by atoms with Gasteiger partial charge in [0.2, 0.25) is 10.4 Å². The molecule has 3 saturated carbocycles. The molecule has 16 heteroatoms. The van der Waals surface area contributed by atoms with Crippen molar-refractivity contribution in [1.29, 1.82) is 0 Å². The first-order valence-corrected chi connectivity index (χ1v) is 21.6. The van der Waals surface area contributed by atoms with Crippen molar-refractivity contribution in [3.63, 3.8) is 0 Å². The molecule has 6 N–H and O–H groups in total. The van der Waals surface area contributed by atoms with Crippen LogP contribution in [0.5, 0.6) is 0 Å². The minimum absolute atomic E-state index is 0. The second-order valence-corrected chi connectivity index (χ2v) is 19.4. The van der Waals surface area contributed by atoms with Crippen molar-refractivity contribution in [2.45, 2.75) is 173 Å². The third kappa shape index (κ3) is 9.58. The second kappa shape index (κ2) is 18.4. The molecule has 0 spiro atoms. The fraction of sp³-hybridized carbons (Fsp3) is 0.949. The fourth-order valence-corrected chi connectivity index (χ4v) is 12.1. The summed E-state index contributed by atoms with van der Waals surface area (Å²) in [5, 5.41) is 63.6. The van der Waals surface area contributed by atoms with Gasteiger partial charge in [0.1, 0.15) is 48.8 Å². The van der Waals surface area contributed by atoms with Crippen molar-refractivity contribution in [2.75, 3.05) is 13.2 Å². The minimum atomic E-state index is -5.17. The van der Waals surface area contributed by atoms with Crippen LogP contribution >= 0.6 is 0 Å². The van der Waals surface area contributed by atoms with Crippen molar-refractivity contribution in [3.8, 4) is 0 Å². The summed E-state index contributed by atoms with van der Waals surface area (Å²) < 4.78 is 60.3. The topological polar surface area (TPSA) is 225 Å². The van der Waals surface area contributed by atoms with Crippen LogP contribution in [0.4, 0.5) is 0 Å². The number of rotatable bonds is 13. The van der Waals surface area contributed by atoms with Crippen LogP contribution in [0.2, 0.25) is 0 Å². The average molecular weight is 813 g/mol. The molecule has 2 saturated heterocycles. The van der Waals surface area contributed by atoms with E-state index in [1.54, 1.807) is 0 Å². The number of fused-ring (bicyclic) bond motifs is 5. The smallest absolute Gasteiger partial charge is 0.726 e. The zero-order valence-corrected chi connectivity index (χ0v) is 36.3. The molecule has 4 aliphatic carbocycles. The number of ether oxygens (including phenoxy) is 4. The average Bonchev–Trinajstić information content (AvgIpc) is 3.47. The molecule has 312 valence electrons. The number of hydrogen-bond acceptors (Lipinski definition) is 14. The van der Waals surface area contributed by atoms with Crippen LogP contribution in [0.15, 0.2) is 11.6 Å². The third-order valence-corrected chi connectivity index (χ3v) is 15.2. The molecular formula is C39H65NaO14S. The fourth-order valence-electron chi connectivity index (χ4n) is 11.8. The summed E-state index contributed by atoms with van der Waals surface area (Å²) in [7, 11) is -5.17. The van der Waals surface area contributed by atoms with E-state index in [0.717, 1.165) is 42.9 Å². The van der Waals surface area contributed by atoms with E-state index >= 15 is 0 Å². The van der Waals surface area contributed by atoms with Gasteiger partial charge in [-0.1, -0.05) is 65.5 Å². The molecular weight excluding hydrogens is 747 g/mol. The largest absolute Gasteiger partial charge is 1.00 e. The van der Waals surface area contributed by atoms with E-state index in [2.05, 4.69) is 44.9 Å². The molecule has 0 amide bonds. The summed E-state index contributed by atoms with van der Waals surface area (Å²) in [5.74, 6) is 4.36. The Labute approximate surface area is 348 Å². The Morgan fingerprint density at radius 1 is 0.855 bits per heavy atom. The summed E-state index contributed by atoms with van der Waals surface area (Å²) in [4.78, 5) is 0. The Hall–Kier alpha value is 0.210. The standard InChI is InChI=1S/C39H66O14S.Na/c1-20(2)7-6-8-21(3)25-11-12-26-24-10-9-22-17-23(13-15-38(22,4)27(24)14-16-39(25,26)5)50-36-34(45)32(43)35(28(18-40)51-36)53-37-33(44)31(42)30(41)29(52-37)19-49-54(46,47)48;/h9,20-21,23-37,40-45H,6-8,10-19H2,1-5H3,(H,46,47,48);/q;+1/p-1/t21-,23+,24+,25-,26+,27+,28-,29-,30-,31+,32-,33-,34-,35-,36-,37-,38+,39?;/m1./s1. The monoisotopic (exact) mass is 812 g/mol. The first-order valence-electron chi connectivity index (χ1n) is 20.3. The normalized spacial score (nSPS) is 46.6. The molecule has 0 aromatic rings. The molecule has 0 radical (unpaired) electrons. The summed E-state index contributed by atoms with van der Waals surface area (Å²) in [6.07, 6.45) is -1.72. The van der Waals surface area contributed by atoms with Gasteiger partial charge in [0.25, 0.3) is 0 Å². The van der Waals surface area contributed by atoms with E-state index in [-0.39, 0.29) is 41.1 Å². The second-order valence-electron chi connectivity index (χ2n) is 18.3. The van der Waals surface area contributed by atoms with E-state index in [0.29, 0.717) is 23.7 Å². The van der Waals surface area contributed by atoms with E-state index in [4.69, 9.17) is 18.9 Å². The van der Waals surface area contributed by atoms with E-state index in [1.165, 1.54) is 50.5 Å². The SMILES string of the molecule is CC(C)CCC[C@@H](C)[C@H]1CC[C@H]2[C@@H]3CC=C4C[C@@H](O[C@@H]5O[C@H](CO)[C@@H](O[C@H]6O[C@H](COS(=O)(=O)[O-])[C@@H](O)[C@H](O)[C@H]6O)[C@H](O)[C@H]5O)CC[C@]4(C)[C@H]3CCC12C.[Na+]. The Bertz CT molecular complexity index is 1420. The van der Waals surface area contributed by atoms with Gasteiger partial charge in [-0.15, -0.1) is 0 Å². The van der Waals surface area contributed by atoms with E-state index < -0.39 is 85.0 Å². The molecule has 55 heavy (non-hydrogen) atoms. The molecule has 2 aliphatic heterocycles. The number of hydrogen-bond donors (Lipinski definition) is 6. The molecule has 0 aromatic carbocycles. The Balaban J connectivity index is 0.00000580. The van der Waals surface area contributed by atoms with Gasteiger partial charge < -0.3 is 54.1 Å². The maximum absolute atomic E-state index is 11.2. The Kier molecular flexibility index (Phi) is 15.5. The number of allylic oxidation sites excluding steroid dienone is 1. The summed E-state index contributed by atoms with van der Waals surface area (Å²) in [6.45, 7) is 10.5. The van der Waals surface area contributed by atoms with E-state index in [1.807, 2.05) is 0 Å². The van der Waals surface area contributed by atoms with Gasteiger partial charge in [-0.05, 0) is 97.7 Å². The number of aliphatic hydroxyl groups excluding tert-OH is 6. The van der Waals surface area contributed by atoms with Crippen molar-refractivity contribution in [1.82, 2.24) is 0 Å². The minimum Gasteiger partial charge on any atom is -0.726 e. The van der Waals surface area contributed by atoms with Gasteiger partial charge in [0.15, 0.2) is 12.6 Å². The first-order chi connectivity index (χ1) is 25.4. The molecule has 18 atom stereocenters. The van der Waals surface area contributed by atoms with Crippen LogP contribution in [0.3, 0.4) is 0 Å². The van der Waals surface area contributed by atoms with Crippen molar-refractivity contribution in [3.05, 3.63) is 11.6 Å². The molecule has 0 aromatic heterocycles. The maximum atomic E-state index is 11.2. The van der Waals surface area contributed by atoms with Crippen molar-refractivity contribution < 1.29 is 96.3 Å². The predicted molar refractivity (Wildman–Crippen MR) is 193 cm³/mol. The Morgan fingerprint density at radius 3 is 2.20 bits per heavy atom. The zero-order chi connectivity index (χ0) is 39.3. The maximum Gasteiger partial charge on any atom is 1.00 e. The third-order valence-electron chi connectivity index (χ3n) is 14.7. The van der Waals surface area contributed by atoms with Crippen molar-refractivity contribution >= 4 is 10.4 Å². The van der Waals surface area contributed by atoms with Crippen LogP contribution in [-0.4, -0.2) is 124 Å². The van der Waals surface area contributed by atoms with Gasteiger partial charge in [0.05, 0.1) is 19.3 Å². The zero-order valence-electron chi connectivity index (χ0n) is 33.4. The van der Waals surface area contributed by atoms with Crippen LogP contribution < -0.4 is 29.6 Å². The summed E-state index contributed by atoms with van der Waals surface area (Å²) in [6, 6.07) is 0. The van der Waals surface area contributed by atoms with Gasteiger partial charge >= 0.3 is 29.6 Å². The Morgan fingerprint density at radius 2 is 1.53 bits per heavy atom. The summed E-state index contributed by atoms with van der Waals surface area (Å²) >= 11 is 0. The quantitative estimate of drug-likeness (QED) is 0.0599. The van der Waals surface area contributed by atoms with Gasteiger partial charge in [-0.2, -0.15) is 0 Å². The molecule has 5 fully saturated rings. The molecule has 0 bridgehead atoms. The van der Waals surface area contributed by atoms with Gasteiger partial charge in [-0.3, -0.25) is 4.18 Å². The molecule has 1 unspecified atom stereocenters. The first kappa shape index (κ1) is 46.3. The molecule has 6 aliphatic rings. The van der Waals surface area contributed by atoms with Crippen LogP contribution in [-0.2, 0) is 33.5 Å². The van der Waals surface area contributed by atoms with Crippen LogP contribution in [0.25, 0.3) is 0 Å².